The van der Waals surface area contributed by atoms with Crippen molar-refractivity contribution in [3.63, 3.8) is 0 Å². The molecule has 26 heavy (non-hydrogen) atoms. The van der Waals surface area contributed by atoms with E-state index in [1.54, 1.807) is 35.6 Å². The number of amides is 1. The molecule has 0 saturated heterocycles. The van der Waals surface area contributed by atoms with Crippen molar-refractivity contribution < 1.29 is 9.18 Å². The first-order chi connectivity index (χ1) is 12.5. The number of carbonyl (C=O) groups excluding carboxylic acids is 1. The summed E-state index contributed by atoms with van der Waals surface area (Å²) in [6.45, 7) is 2.51. The van der Waals surface area contributed by atoms with Crippen molar-refractivity contribution in [1.29, 1.82) is 0 Å². The number of nitrogens with one attached hydrogen (secondary N) is 1. The van der Waals surface area contributed by atoms with Gasteiger partial charge >= 0.3 is 0 Å². The Balaban J connectivity index is 1.54. The van der Waals surface area contributed by atoms with Crippen molar-refractivity contribution in [3.05, 3.63) is 75.5 Å². The van der Waals surface area contributed by atoms with E-state index in [1.165, 1.54) is 12.1 Å². The number of halogens is 2. The summed E-state index contributed by atoms with van der Waals surface area (Å²) in [5.41, 5.74) is 2.78. The van der Waals surface area contributed by atoms with Gasteiger partial charge in [-0.15, -0.1) is 11.3 Å². The molecule has 3 nitrogen and oxygen atoms in total. The third kappa shape index (κ3) is 4.90. The second-order valence-electron chi connectivity index (χ2n) is 5.94. The highest BCUT2D eigenvalue weighted by atomic mass is 35.5. The Morgan fingerprint density at radius 1 is 1.15 bits per heavy atom. The molecule has 6 heteroatoms. The Bertz CT molecular complexity index is 891. The number of nitrogens with zero attached hydrogens (tertiary/aromatic N) is 1. The summed E-state index contributed by atoms with van der Waals surface area (Å²) in [4.78, 5) is 17.7. The van der Waals surface area contributed by atoms with Crippen LogP contribution in [0.2, 0.25) is 5.02 Å². The molecule has 1 amide bonds. The number of carbonyl (C=O) groups is 1. The molecule has 0 unspecified atom stereocenters. The van der Waals surface area contributed by atoms with Crippen molar-refractivity contribution in [2.45, 2.75) is 19.8 Å². The molecule has 0 atom stereocenters. The second-order valence-corrected chi connectivity index (χ2v) is 7.46. The van der Waals surface area contributed by atoms with Gasteiger partial charge in [0.25, 0.3) is 0 Å². The van der Waals surface area contributed by atoms with Crippen molar-refractivity contribution in [2.24, 2.45) is 0 Å². The maximum Gasteiger partial charge on any atom is 0.224 e. The second kappa shape index (κ2) is 8.43. The molecule has 0 fully saturated rings. The van der Waals surface area contributed by atoms with Crippen LogP contribution in [0.4, 0.5) is 4.39 Å². The van der Waals surface area contributed by atoms with Crippen LogP contribution in [0.15, 0.2) is 48.5 Å². The van der Waals surface area contributed by atoms with Crippen molar-refractivity contribution in [3.8, 4) is 10.6 Å². The number of aryl methyl sites for hydroxylation is 1. The lowest BCUT2D eigenvalue weighted by Crippen LogP contribution is -2.27. The highest BCUT2D eigenvalue weighted by Gasteiger charge is 2.10. The summed E-state index contributed by atoms with van der Waals surface area (Å²) < 4.78 is 13.0. The fraction of sp³-hybridized carbons (Fsp3) is 0.200. The smallest absolute Gasteiger partial charge is 0.224 e. The van der Waals surface area contributed by atoms with Crippen LogP contribution in [0, 0.1) is 12.7 Å². The van der Waals surface area contributed by atoms with Gasteiger partial charge < -0.3 is 5.32 Å². The van der Waals surface area contributed by atoms with Gasteiger partial charge in [-0.1, -0.05) is 23.7 Å². The number of aromatic nitrogens is 1. The van der Waals surface area contributed by atoms with Crippen LogP contribution in [-0.4, -0.2) is 17.4 Å². The van der Waals surface area contributed by atoms with E-state index in [0.717, 1.165) is 33.1 Å². The van der Waals surface area contributed by atoms with Crippen molar-refractivity contribution in [1.82, 2.24) is 10.3 Å². The van der Waals surface area contributed by atoms with Gasteiger partial charge in [-0.05, 0) is 48.9 Å². The normalized spacial score (nSPS) is 10.7. The van der Waals surface area contributed by atoms with Gasteiger partial charge in [0.05, 0.1) is 12.1 Å². The largest absolute Gasteiger partial charge is 0.355 e. The fourth-order valence-electron chi connectivity index (χ4n) is 2.54. The Morgan fingerprint density at radius 3 is 2.54 bits per heavy atom. The average Bonchev–Trinajstić information content (AvgIpc) is 2.98. The number of thiazole rings is 1. The highest BCUT2D eigenvalue weighted by Crippen LogP contribution is 2.28. The molecule has 3 rings (SSSR count). The van der Waals surface area contributed by atoms with E-state index >= 15 is 0 Å². The minimum absolute atomic E-state index is 0.0201. The third-order valence-corrected chi connectivity index (χ3v) is 5.45. The highest BCUT2D eigenvalue weighted by molar-refractivity contribution is 7.15. The Hall–Kier alpha value is -2.24. The Labute approximate surface area is 160 Å². The average molecular weight is 389 g/mol. The van der Waals surface area contributed by atoms with Crippen LogP contribution < -0.4 is 5.32 Å². The maximum absolute atomic E-state index is 13.0. The molecule has 0 radical (unpaired) electrons. The molecule has 2 aromatic carbocycles. The molecule has 0 aliphatic rings. The summed E-state index contributed by atoms with van der Waals surface area (Å²) in [7, 11) is 0. The number of rotatable bonds is 6. The number of hydrogen-bond donors (Lipinski definition) is 1. The minimum Gasteiger partial charge on any atom is -0.355 e. The standard InChI is InChI=1S/C20H18ClFN2OS/c1-13-18(26-20(24-13)15-4-8-17(22)9-5-15)10-11-23-19(25)12-14-2-6-16(21)7-3-14/h2-9H,10-12H2,1H3,(H,23,25). The van der Waals surface area contributed by atoms with E-state index in [1.807, 2.05) is 19.1 Å². The van der Waals surface area contributed by atoms with Crippen LogP contribution in [-0.2, 0) is 17.6 Å². The van der Waals surface area contributed by atoms with Crippen LogP contribution in [0.25, 0.3) is 10.6 Å². The van der Waals surface area contributed by atoms with Crippen molar-refractivity contribution in [2.75, 3.05) is 6.54 Å². The summed E-state index contributed by atoms with van der Waals surface area (Å²) in [6.07, 6.45) is 1.05. The van der Waals surface area contributed by atoms with E-state index in [2.05, 4.69) is 10.3 Å². The first-order valence-corrected chi connectivity index (χ1v) is 9.44. The first kappa shape index (κ1) is 18.5. The lowest BCUT2D eigenvalue weighted by Gasteiger charge is -2.05. The Kier molecular flexibility index (Phi) is 6.01. The first-order valence-electron chi connectivity index (χ1n) is 8.24. The topological polar surface area (TPSA) is 42.0 Å². The fourth-order valence-corrected chi connectivity index (χ4v) is 3.73. The van der Waals surface area contributed by atoms with E-state index in [9.17, 15) is 9.18 Å². The number of benzene rings is 2. The lowest BCUT2D eigenvalue weighted by molar-refractivity contribution is -0.120. The molecule has 3 aromatic rings. The molecule has 1 heterocycles. The predicted molar refractivity (Wildman–Crippen MR) is 104 cm³/mol. The van der Waals surface area contributed by atoms with Gasteiger partial charge in [0.2, 0.25) is 5.91 Å². The molecule has 0 saturated carbocycles. The van der Waals surface area contributed by atoms with E-state index < -0.39 is 0 Å². The molecule has 0 aliphatic carbocycles. The quantitative estimate of drug-likeness (QED) is 0.658. The van der Waals surface area contributed by atoms with Crippen LogP contribution in [0.1, 0.15) is 16.1 Å². The van der Waals surface area contributed by atoms with Gasteiger partial charge in [0.1, 0.15) is 10.8 Å². The van der Waals surface area contributed by atoms with Gasteiger partial charge in [-0.2, -0.15) is 0 Å². The van der Waals surface area contributed by atoms with Crippen LogP contribution in [0.3, 0.4) is 0 Å². The zero-order chi connectivity index (χ0) is 18.5. The Morgan fingerprint density at radius 2 is 1.85 bits per heavy atom. The van der Waals surface area contributed by atoms with Gasteiger partial charge in [-0.25, -0.2) is 9.37 Å². The molecule has 1 N–H and O–H groups in total. The molecular formula is C20H18ClFN2OS. The van der Waals surface area contributed by atoms with Gasteiger partial charge in [0, 0.05) is 28.4 Å². The predicted octanol–water partition coefficient (Wildman–Crippen LogP) is 4.81. The summed E-state index contributed by atoms with van der Waals surface area (Å²) >= 11 is 7.42. The molecule has 0 aliphatic heterocycles. The number of hydrogen-bond acceptors (Lipinski definition) is 3. The van der Waals surface area contributed by atoms with Crippen LogP contribution >= 0.6 is 22.9 Å². The molecule has 0 bridgehead atoms. The van der Waals surface area contributed by atoms with Gasteiger partial charge in [-0.3, -0.25) is 4.79 Å². The van der Waals surface area contributed by atoms with Gasteiger partial charge in [0.15, 0.2) is 0 Å². The molecule has 134 valence electrons. The zero-order valence-corrected chi connectivity index (χ0v) is 15.8. The van der Waals surface area contributed by atoms with Crippen LogP contribution in [0.5, 0.6) is 0 Å². The molecule has 0 spiro atoms. The summed E-state index contributed by atoms with van der Waals surface area (Å²) in [5, 5.41) is 4.46. The third-order valence-electron chi connectivity index (χ3n) is 3.94. The molecular weight excluding hydrogens is 371 g/mol. The lowest BCUT2D eigenvalue weighted by atomic mass is 10.1. The minimum atomic E-state index is -0.259. The van der Waals surface area contributed by atoms with E-state index in [4.69, 9.17) is 11.6 Å². The van der Waals surface area contributed by atoms with E-state index in [-0.39, 0.29) is 11.7 Å². The van der Waals surface area contributed by atoms with E-state index in [0.29, 0.717) is 18.0 Å². The maximum atomic E-state index is 13.0. The zero-order valence-electron chi connectivity index (χ0n) is 14.3. The molecule has 1 aromatic heterocycles. The summed E-state index contributed by atoms with van der Waals surface area (Å²) in [6, 6.07) is 13.6. The monoisotopic (exact) mass is 388 g/mol. The summed E-state index contributed by atoms with van der Waals surface area (Å²) in [5.74, 6) is -0.279. The van der Waals surface area contributed by atoms with Crippen molar-refractivity contribution >= 4 is 28.8 Å². The SMILES string of the molecule is Cc1nc(-c2ccc(F)cc2)sc1CCNC(=O)Cc1ccc(Cl)cc1.